The molecule has 14 heteroatoms. The predicted octanol–water partition coefficient (Wildman–Crippen LogP) is 8.74. The smallest absolute Gasteiger partial charge is 0.306 e. The van der Waals surface area contributed by atoms with Gasteiger partial charge in [-0.15, -0.1) is 0 Å². The fourth-order valence-electron chi connectivity index (χ4n) is 8.45. The van der Waals surface area contributed by atoms with Crippen LogP contribution in [0.2, 0.25) is 0 Å². The Morgan fingerprint density at radius 1 is 0.493 bits per heavy atom. The molecule has 402 valence electrons. The normalized spacial score (nSPS) is 26.0. The molecule has 0 amide bonds. The fraction of sp³-hybridized carbons (Fsp3) is 0.836. The van der Waals surface area contributed by atoms with Gasteiger partial charge in [0.2, 0.25) is 0 Å². The van der Waals surface area contributed by atoms with Crippen LogP contribution in [0.5, 0.6) is 0 Å². The number of hydrogen-bond donors (Lipinski definition) is 7. The Bertz CT molecular complexity index is 1320. The molecule has 2 rings (SSSR count). The van der Waals surface area contributed by atoms with Crippen molar-refractivity contribution in [1.29, 1.82) is 0 Å². The fourth-order valence-corrected chi connectivity index (χ4v) is 8.45. The summed E-state index contributed by atoms with van der Waals surface area (Å²) in [6.07, 6.45) is 33.2. The highest BCUT2D eigenvalue weighted by Crippen LogP contribution is 2.26. The molecule has 14 nitrogen and oxygen atoms in total. The molecule has 0 aliphatic carbocycles. The zero-order chi connectivity index (χ0) is 50.2. The van der Waals surface area contributed by atoms with Gasteiger partial charge in [-0.3, -0.25) is 4.79 Å². The lowest BCUT2D eigenvalue weighted by atomic mass is 9.98. The topological polar surface area (TPSA) is 214 Å². The van der Waals surface area contributed by atoms with Crippen LogP contribution in [0.1, 0.15) is 194 Å². The van der Waals surface area contributed by atoms with Gasteiger partial charge in [-0.05, 0) is 51.4 Å². The number of unbranched alkanes of at least 4 members (excludes halogenated alkanes) is 21. The lowest BCUT2D eigenvalue weighted by molar-refractivity contribution is -0.332. The van der Waals surface area contributed by atoms with Gasteiger partial charge in [0, 0.05) is 13.0 Å². The Hall–Kier alpha value is -2.05. The molecule has 2 aliphatic rings. The molecule has 11 atom stereocenters. The van der Waals surface area contributed by atoms with Crippen molar-refractivity contribution < 1.29 is 69.0 Å². The van der Waals surface area contributed by atoms with Gasteiger partial charge in [0.05, 0.1) is 26.4 Å². The second kappa shape index (κ2) is 42.5. The van der Waals surface area contributed by atoms with Gasteiger partial charge >= 0.3 is 5.97 Å². The molecule has 11 unspecified atom stereocenters. The Balaban J connectivity index is 1.75. The molecule has 2 heterocycles. The molecule has 0 saturated carbocycles. The molecule has 2 aliphatic heterocycles. The molecule has 0 bridgehead atoms. The second-order valence-electron chi connectivity index (χ2n) is 19.0. The number of aliphatic hydroxyl groups is 7. The maximum atomic E-state index is 13.0. The van der Waals surface area contributed by atoms with E-state index in [0.717, 1.165) is 70.6 Å². The highest BCUT2D eigenvalue weighted by molar-refractivity contribution is 5.69. The van der Waals surface area contributed by atoms with Crippen molar-refractivity contribution in [3.8, 4) is 0 Å². The molecule has 0 aromatic heterocycles. The van der Waals surface area contributed by atoms with E-state index in [1.54, 1.807) is 0 Å². The lowest BCUT2D eigenvalue weighted by Gasteiger charge is -2.42. The van der Waals surface area contributed by atoms with E-state index < -0.39 is 80.7 Å². The maximum Gasteiger partial charge on any atom is 0.306 e. The van der Waals surface area contributed by atoms with Gasteiger partial charge in [0.25, 0.3) is 0 Å². The third-order valence-corrected chi connectivity index (χ3v) is 12.9. The van der Waals surface area contributed by atoms with E-state index in [1.807, 2.05) is 0 Å². The third-order valence-electron chi connectivity index (χ3n) is 12.9. The van der Waals surface area contributed by atoms with Crippen molar-refractivity contribution in [2.75, 3.05) is 33.0 Å². The minimum absolute atomic E-state index is 0.0411. The molecule has 0 aromatic rings. The van der Waals surface area contributed by atoms with Gasteiger partial charge < -0.3 is 64.2 Å². The number of aliphatic hydroxyl groups excluding tert-OH is 7. The summed E-state index contributed by atoms with van der Waals surface area (Å²) in [6.45, 7) is 3.51. The maximum absolute atomic E-state index is 13.0. The number of carbonyl (C=O) groups excluding carboxylic acids is 1. The minimum Gasteiger partial charge on any atom is -0.457 e. The van der Waals surface area contributed by atoms with Crippen molar-refractivity contribution >= 4 is 5.97 Å². The quantitative estimate of drug-likeness (QED) is 0.0173. The van der Waals surface area contributed by atoms with Crippen LogP contribution in [0, 0.1) is 0 Å². The molecule has 7 N–H and O–H groups in total. The number of rotatable bonds is 43. The molecular weight excluding hydrogens is 885 g/mol. The second-order valence-corrected chi connectivity index (χ2v) is 19.0. The van der Waals surface area contributed by atoms with E-state index in [2.05, 4.69) is 62.5 Å². The van der Waals surface area contributed by atoms with Crippen LogP contribution >= 0.6 is 0 Å². The molecule has 0 aromatic carbocycles. The van der Waals surface area contributed by atoms with Crippen LogP contribution < -0.4 is 0 Å². The van der Waals surface area contributed by atoms with Crippen LogP contribution in [-0.4, -0.2) is 142 Å². The van der Waals surface area contributed by atoms with Gasteiger partial charge in [0.1, 0.15) is 54.9 Å². The van der Waals surface area contributed by atoms with E-state index in [1.165, 1.54) is 96.3 Å². The van der Waals surface area contributed by atoms with E-state index >= 15 is 0 Å². The Labute approximate surface area is 416 Å². The van der Waals surface area contributed by atoms with E-state index in [4.69, 9.17) is 28.4 Å². The van der Waals surface area contributed by atoms with Crippen molar-refractivity contribution in [2.45, 2.75) is 261 Å². The summed E-state index contributed by atoms with van der Waals surface area (Å²) in [7, 11) is 0. The highest BCUT2D eigenvalue weighted by Gasteiger charge is 2.47. The first-order chi connectivity index (χ1) is 33.6. The Morgan fingerprint density at radius 3 is 1.46 bits per heavy atom. The van der Waals surface area contributed by atoms with Crippen LogP contribution in [0.3, 0.4) is 0 Å². The molecule has 0 radical (unpaired) electrons. The zero-order valence-electron chi connectivity index (χ0n) is 42.8. The summed E-state index contributed by atoms with van der Waals surface area (Å²) >= 11 is 0. The van der Waals surface area contributed by atoms with Crippen molar-refractivity contribution in [3.63, 3.8) is 0 Å². The van der Waals surface area contributed by atoms with Crippen molar-refractivity contribution in [3.05, 3.63) is 48.6 Å². The average molecular weight is 983 g/mol. The van der Waals surface area contributed by atoms with Crippen LogP contribution in [0.25, 0.3) is 0 Å². The van der Waals surface area contributed by atoms with Crippen LogP contribution in [-0.2, 0) is 33.2 Å². The number of carbonyl (C=O) groups is 1. The summed E-state index contributed by atoms with van der Waals surface area (Å²) in [6, 6.07) is 0. The van der Waals surface area contributed by atoms with E-state index in [0.29, 0.717) is 13.0 Å². The monoisotopic (exact) mass is 983 g/mol. The summed E-state index contributed by atoms with van der Waals surface area (Å²) < 4.78 is 34.3. The van der Waals surface area contributed by atoms with E-state index in [-0.39, 0.29) is 25.6 Å². The predicted molar refractivity (Wildman–Crippen MR) is 270 cm³/mol. The molecule has 0 spiro atoms. The third kappa shape index (κ3) is 29.9. The lowest BCUT2D eigenvalue weighted by Crippen LogP contribution is -2.61. The highest BCUT2D eigenvalue weighted by atomic mass is 16.7. The van der Waals surface area contributed by atoms with Crippen molar-refractivity contribution in [1.82, 2.24) is 0 Å². The SMILES string of the molecule is CC/C=C\C/C=C\C/C=C\C/C=C\CCCCCOCC(COC1OC(COC2OC(CO)C(O)C(O)C2O)C(O)C(O)C1O)OC(=O)CCCCCCCCCCCCCCCCCCCCC. The first-order valence-electron chi connectivity index (χ1n) is 27.2. The summed E-state index contributed by atoms with van der Waals surface area (Å²) in [5.74, 6) is -0.386. The van der Waals surface area contributed by atoms with Crippen LogP contribution in [0.4, 0.5) is 0 Å². The standard InChI is InChI=1S/C55H98O14/c1-3-5-7-9-11-13-15-17-19-21-22-23-24-26-28-30-32-34-36-38-47(57)67-44(41-64-39-37-35-33-31-29-27-25-20-18-16-14-12-10-8-6-4-2)42-65-54-53(63)51(61)49(59)46(69-54)43-66-55-52(62)50(60)48(58)45(40-56)68-55/h6,8,12,14,18,20,27,29,44-46,48-56,58-63H,3-5,7,9-11,13,15-17,19,21-26,28,30-43H2,1-2H3/b8-6-,14-12-,20-18-,29-27-. The van der Waals surface area contributed by atoms with Gasteiger partial charge in [0.15, 0.2) is 12.6 Å². The Morgan fingerprint density at radius 2 is 0.942 bits per heavy atom. The largest absolute Gasteiger partial charge is 0.457 e. The van der Waals surface area contributed by atoms with Gasteiger partial charge in [-0.1, -0.05) is 184 Å². The summed E-state index contributed by atoms with van der Waals surface area (Å²) in [5.41, 5.74) is 0. The van der Waals surface area contributed by atoms with Crippen LogP contribution in [0.15, 0.2) is 48.6 Å². The van der Waals surface area contributed by atoms with Gasteiger partial charge in [-0.25, -0.2) is 0 Å². The Kier molecular flexibility index (Phi) is 38.8. The number of esters is 1. The minimum atomic E-state index is -1.71. The number of allylic oxidation sites excluding steroid dienone is 8. The van der Waals surface area contributed by atoms with Gasteiger partial charge in [-0.2, -0.15) is 0 Å². The molecule has 2 fully saturated rings. The van der Waals surface area contributed by atoms with E-state index in [9.17, 15) is 40.5 Å². The number of hydrogen-bond acceptors (Lipinski definition) is 14. The summed E-state index contributed by atoms with van der Waals surface area (Å²) in [5, 5.41) is 72.2. The zero-order valence-corrected chi connectivity index (χ0v) is 42.8. The van der Waals surface area contributed by atoms with Crippen molar-refractivity contribution in [2.24, 2.45) is 0 Å². The number of ether oxygens (including phenoxy) is 6. The molecule has 69 heavy (non-hydrogen) atoms. The summed E-state index contributed by atoms with van der Waals surface area (Å²) in [4.78, 5) is 13.0. The average Bonchev–Trinajstić information content (AvgIpc) is 3.35. The molecular formula is C55H98O14. The first kappa shape index (κ1) is 63.1. The first-order valence-corrected chi connectivity index (χ1v) is 27.2. The molecule has 2 saturated heterocycles.